The molecule has 0 saturated carbocycles. The Bertz CT molecular complexity index is 293. The topological polar surface area (TPSA) is 43.4 Å². The van der Waals surface area contributed by atoms with E-state index < -0.39 is 17.4 Å². The van der Waals surface area contributed by atoms with Crippen LogP contribution >= 0.6 is 0 Å². The van der Waals surface area contributed by atoms with Crippen molar-refractivity contribution < 1.29 is 14.3 Å². The first-order valence-corrected chi connectivity index (χ1v) is 5.41. The highest BCUT2D eigenvalue weighted by atomic mass is 16.6. The second-order valence-corrected chi connectivity index (χ2v) is 4.50. The zero-order valence-electron chi connectivity index (χ0n) is 10.4. The smallest absolute Gasteiger partial charge is 0.318 e. The molecule has 90 valence electrons. The zero-order chi connectivity index (χ0) is 12.6. The summed E-state index contributed by atoms with van der Waals surface area (Å²) in [6, 6.07) is 0. The number of esters is 2. The summed E-state index contributed by atoms with van der Waals surface area (Å²) in [5.74, 6) is -0.944. The lowest BCUT2D eigenvalue weighted by molar-refractivity contribution is -0.165. The van der Waals surface area contributed by atoms with Gasteiger partial charge in [0.1, 0.15) is 0 Å². The lowest BCUT2D eigenvalue weighted by Crippen LogP contribution is -2.25. The van der Waals surface area contributed by atoms with Crippen molar-refractivity contribution in [2.75, 3.05) is 0 Å². The van der Waals surface area contributed by atoms with Gasteiger partial charge in [0.05, 0.1) is 5.41 Å². The Hall–Kier alpha value is -1.38. The minimum absolute atomic E-state index is 0.232. The lowest BCUT2D eigenvalue weighted by Gasteiger charge is -2.14. The SMILES string of the molecule is C/C=C/C=C\CCC(=O)OC(=O)C(C)(C)C. The van der Waals surface area contributed by atoms with Crippen molar-refractivity contribution in [3.8, 4) is 0 Å². The number of allylic oxidation sites excluding steroid dienone is 4. The molecule has 0 aliphatic heterocycles. The maximum Gasteiger partial charge on any atom is 0.318 e. The van der Waals surface area contributed by atoms with Crippen LogP contribution in [0.1, 0.15) is 40.5 Å². The second kappa shape index (κ2) is 6.99. The van der Waals surface area contributed by atoms with E-state index in [-0.39, 0.29) is 6.42 Å². The van der Waals surface area contributed by atoms with Gasteiger partial charge in [-0.05, 0) is 34.1 Å². The summed E-state index contributed by atoms with van der Waals surface area (Å²) in [5, 5.41) is 0. The van der Waals surface area contributed by atoms with Gasteiger partial charge in [0, 0.05) is 6.42 Å². The van der Waals surface area contributed by atoms with Crippen LogP contribution in [0.4, 0.5) is 0 Å². The van der Waals surface area contributed by atoms with Crippen LogP contribution in [0, 0.1) is 5.41 Å². The molecule has 0 aromatic rings. The summed E-state index contributed by atoms with van der Waals surface area (Å²) < 4.78 is 4.69. The normalized spacial score (nSPS) is 12.2. The molecule has 16 heavy (non-hydrogen) atoms. The van der Waals surface area contributed by atoms with Crippen LogP contribution in [0.3, 0.4) is 0 Å². The van der Waals surface area contributed by atoms with Crippen molar-refractivity contribution in [3.63, 3.8) is 0 Å². The minimum Gasteiger partial charge on any atom is -0.393 e. The van der Waals surface area contributed by atoms with Crippen molar-refractivity contribution >= 4 is 11.9 Å². The van der Waals surface area contributed by atoms with Crippen LogP contribution in [0.2, 0.25) is 0 Å². The van der Waals surface area contributed by atoms with Crippen molar-refractivity contribution in [2.24, 2.45) is 5.41 Å². The van der Waals surface area contributed by atoms with E-state index in [2.05, 4.69) is 0 Å². The molecule has 0 aliphatic carbocycles. The van der Waals surface area contributed by atoms with E-state index in [0.29, 0.717) is 6.42 Å². The molecule has 3 heteroatoms. The first-order valence-electron chi connectivity index (χ1n) is 5.41. The highest BCUT2D eigenvalue weighted by Crippen LogP contribution is 2.15. The van der Waals surface area contributed by atoms with Crippen molar-refractivity contribution in [1.82, 2.24) is 0 Å². The molecule has 0 spiro atoms. The molecule has 0 unspecified atom stereocenters. The number of ether oxygens (including phenoxy) is 1. The second-order valence-electron chi connectivity index (χ2n) is 4.50. The van der Waals surface area contributed by atoms with Crippen LogP contribution in [-0.4, -0.2) is 11.9 Å². The van der Waals surface area contributed by atoms with Crippen LogP contribution in [0.5, 0.6) is 0 Å². The Morgan fingerprint density at radius 1 is 1.19 bits per heavy atom. The molecule has 0 N–H and O–H groups in total. The molecule has 0 fully saturated rings. The molecule has 0 rings (SSSR count). The predicted octanol–water partition coefficient (Wildman–Crippen LogP) is 3.01. The van der Waals surface area contributed by atoms with E-state index in [4.69, 9.17) is 4.74 Å². The van der Waals surface area contributed by atoms with Crippen molar-refractivity contribution in [2.45, 2.75) is 40.5 Å². The van der Waals surface area contributed by atoms with Crippen molar-refractivity contribution in [3.05, 3.63) is 24.3 Å². The van der Waals surface area contributed by atoms with E-state index in [1.165, 1.54) is 0 Å². The Morgan fingerprint density at radius 3 is 2.31 bits per heavy atom. The fourth-order valence-electron chi connectivity index (χ4n) is 0.795. The minimum atomic E-state index is -0.629. The molecular weight excluding hydrogens is 204 g/mol. The monoisotopic (exact) mass is 224 g/mol. The molecule has 0 heterocycles. The maximum absolute atomic E-state index is 11.3. The molecule has 0 bridgehead atoms. The summed E-state index contributed by atoms with van der Waals surface area (Å²) in [5.41, 5.74) is -0.629. The number of hydrogen-bond acceptors (Lipinski definition) is 3. The van der Waals surface area contributed by atoms with Crippen LogP contribution in [0.25, 0.3) is 0 Å². The Balaban J connectivity index is 3.88. The summed E-state index contributed by atoms with van der Waals surface area (Å²) >= 11 is 0. The summed E-state index contributed by atoms with van der Waals surface area (Å²) in [4.78, 5) is 22.6. The number of rotatable bonds is 4. The van der Waals surface area contributed by atoms with Gasteiger partial charge in [0.15, 0.2) is 0 Å². The van der Waals surface area contributed by atoms with E-state index in [1.54, 1.807) is 20.8 Å². The van der Waals surface area contributed by atoms with E-state index in [9.17, 15) is 9.59 Å². The standard InChI is InChI=1S/C13H20O3/c1-5-6-7-8-9-10-11(14)16-12(15)13(2,3)4/h5-8H,9-10H2,1-4H3/b6-5+,8-7-. The largest absolute Gasteiger partial charge is 0.393 e. The zero-order valence-corrected chi connectivity index (χ0v) is 10.4. The fraction of sp³-hybridized carbons (Fsp3) is 0.538. The summed E-state index contributed by atoms with van der Waals surface area (Å²) in [6.45, 7) is 7.07. The highest BCUT2D eigenvalue weighted by molar-refractivity contribution is 5.88. The third-order valence-electron chi connectivity index (χ3n) is 1.77. The van der Waals surface area contributed by atoms with Gasteiger partial charge < -0.3 is 4.74 Å². The van der Waals surface area contributed by atoms with E-state index >= 15 is 0 Å². The van der Waals surface area contributed by atoms with Crippen molar-refractivity contribution in [1.29, 1.82) is 0 Å². The quantitative estimate of drug-likeness (QED) is 0.419. The Morgan fingerprint density at radius 2 is 1.81 bits per heavy atom. The van der Waals surface area contributed by atoms with Crippen LogP contribution in [-0.2, 0) is 14.3 Å². The van der Waals surface area contributed by atoms with Gasteiger partial charge in [-0.15, -0.1) is 0 Å². The molecule has 0 aromatic heterocycles. The van der Waals surface area contributed by atoms with Gasteiger partial charge in [0.2, 0.25) is 0 Å². The molecule has 0 amide bonds. The predicted molar refractivity (Wildman–Crippen MR) is 63.7 cm³/mol. The average molecular weight is 224 g/mol. The number of carbonyl (C=O) groups excluding carboxylic acids is 2. The maximum atomic E-state index is 11.3. The van der Waals surface area contributed by atoms with Gasteiger partial charge in [0.25, 0.3) is 0 Å². The number of carbonyl (C=O) groups is 2. The van der Waals surface area contributed by atoms with Gasteiger partial charge >= 0.3 is 11.9 Å². The number of hydrogen-bond donors (Lipinski definition) is 0. The fourth-order valence-corrected chi connectivity index (χ4v) is 0.795. The van der Waals surface area contributed by atoms with E-state index in [1.807, 2.05) is 31.2 Å². The third-order valence-corrected chi connectivity index (χ3v) is 1.77. The molecule has 0 aliphatic rings. The molecule has 0 atom stereocenters. The molecule has 3 nitrogen and oxygen atoms in total. The lowest BCUT2D eigenvalue weighted by atomic mass is 9.97. The molecule has 0 radical (unpaired) electrons. The first-order chi connectivity index (χ1) is 7.38. The van der Waals surface area contributed by atoms with Gasteiger partial charge in [-0.1, -0.05) is 24.3 Å². The van der Waals surface area contributed by atoms with Gasteiger partial charge in [-0.25, -0.2) is 0 Å². The molecule has 0 saturated heterocycles. The van der Waals surface area contributed by atoms with E-state index in [0.717, 1.165) is 0 Å². The Kier molecular flexibility index (Phi) is 6.38. The summed E-state index contributed by atoms with van der Waals surface area (Å²) in [6.07, 6.45) is 8.32. The van der Waals surface area contributed by atoms with Crippen LogP contribution < -0.4 is 0 Å². The van der Waals surface area contributed by atoms with Gasteiger partial charge in [-0.2, -0.15) is 0 Å². The molecular formula is C13H20O3. The summed E-state index contributed by atoms with van der Waals surface area (Å²) in [7, 11) is 0. The highest BCUT2D eigenvalue weighted by Gasteiger charge is 2.25. The third kappa shape index (κ3) is 6.98. The molecule has 0 aromatic carbocycles. The Labute approximate surface area is 97.2 Å². The van der Waals surface area contributed by atoms with Gasteiger partial charge in [-0.3, -0.25) is 9.59 Å². The first kappa shape index (κ1) is 14.6. The van der Waals surface area contributed by atoms with Crippen LogP contribution in [0.15, 0.2) is 24.3 Å². The average Bonchev–Trinajstić information content (AvgIpc) is 2.16.